The molecule has 2 N–H and O–H groups in total. The Morgan fingerprint density at radius 1 is 1.00 bits per heavy atom. The molecule has 0 radical (unpaired) electrons. The monoisotopic (exact) mass is 406 g/mol. The van der Waals surface area contributed by atoms with Crippen molar-refractivity contribution in [1.29, 1.82) is 0 Å². The van der Waals surface area contributed by atoms with E-state index in [0.717, 1.165) is 41.4 Å². The van der Waals surface area contributed by atoms with E-state index in [1.54, 1.807) is 7.11 Å². The summed E-state index contributed by atoms with van der Waals surface area (Å²) in [6, 6.07) is 25.7. The molecule has 1 fully saturated rings. The van der Waals surface area contributed by atoms with Crippen molar-refractivity contribution in [1.82, 2.24) is 10.6 Å². The summed E-state index contributed by atoms with van der Waals surface area (Å²) >= 11 is 6.04. The fourth-order valence-electron chi connectivity index (χ4n) is 4.10. The van der Waals surface area contributed by atoms with Gasteiger partial charge in [0.25, 0.3) is 0 Å². The Kier molecular flexibility index (Phi) is 6.50. The van der Waals surface area contributed by atoms with Crippen molar-refractivity contribution in [3.05, 3.63) is 88.9 Å². The molecule has 3 aromatic carbocycles. The second-order valence-corrected chi connectivity index (χ2v) is 7.94. The maximum absolute atomic E-state index is 6.04. The fourth-order valence-corrected chi connectivity index (χ4v) is 4.22. The molecule has 4 rings (SSSR count). The third-order valence-electron chi connectivity index (χ3n) is 5.63. The molecular weight excluding hydrogens is 380 g/mol. The zero-order valence-electron chi connectivity index (χ0n) is 16.7. The van der Waals surface area contributed by atoms with Crippen LogP contribution in [0.15, 0.2) is 72.8 Å². The number of hydrogen-bond acceptors (Lipinski definition) is 3. The Bertz CT molecular complexity index is 927. The molecule has 0 spiro atoms. The van der Waals surface area contributed by atoms with Crippen molar-refractivity contribution >= 4 is 11.6 Å². The second-order valence-electron chi connectivity index (χ2n) is 7.51. The highest BCUT2D eigenvalue weighted by atomic mass is 35.5. The maximum atomic E-state index is 6.04. The summed E-state index contributed by atoms with van der Waals surface area (Å²) < 4.78 is 5.63. The Balaban J connectivity index is 1.53. The van der Waals surface area contributed by atoms with Gasteiger partial charge in [-0.05, 0) is 60.3 Å². The number of hydrogen-bond donors (Lipinski definition) is 2. The second kappa shape index (κ2) is 9.45. The molecule has 1 aliphatic heterocycles. The summed E-state index contributed by atoms with van der Waals surface area (Å²) in [5, 5.41) is 8.22. The first-order valence-electron chi connectivity index (χ1n) is 10.2. The van der Waals surface area contributed by atoms with E-state index in [4.69, 9.17) is 16.3 Å². The number of ether oxygens (including phenoxy) is 1. The first-order chi connectivity index (χ1) is 14.2. The number of piperidine rings is 1. The largest absolute Gasteiger partial charge is 0.496 e. The van der Waals surface area contributed by atoms with Crippen molar-refractivity contribution in [2.75, 3.05) is 13.7 Å². The van der Waals surface area contributed by atoms with E-state index in [0.29, 0.717) is 12.1 Å². The van der Waals surface area contributed by atoms with E-state index in [-0.39, 0.29) is 0 Å². The lowest BCUT2D eigenvalue weighted by Crippen LogP contribution is -2.45. The van der Waals surface area contributed by atoms with Crippen LogP contribution in [0.4, 0.5) is 0 Å². The summed E-state index contributed by atoms with van der Waals surface area (Å²) in [4.78, 5) is 0. The van der Waals surface area contributed by atoms with E-state index in [1.807, 2.05) is 12.1 Å². The molecule has 2 atom stereocenters. The van der Waals surface area contributed by atoms with Gasteiger partial charge in [-0.1, -0.05) is 60.1 Å². The van der Waals surface area contributed by atoms with E-state index in [1.165, 1.54) is 17.5 Å². The van der Waals surface area contributed by atoms with Crippen LogP contribution in [0.1, 0.15) is 30.0 Å². The molecule has 4 heteroatoms. The van der Waals surface area contributed by atoms with Gasteiger partial charge in [0.1, 0.15) is 5.75 Å². The van der Waals surface area contributed by atoms with Gasteiger partial charge in [-0.25, -0.2) is 0 Å². The molecule has 0 saturated carbocycles. The van der Waals surface area contributed by atoms with Crippen molar-refractivity contribution in [2.24, 2.45) is 0 Å². The summed E-state index contributed by atoms with van der Waals surface area (Å²) in [5.74, 6) is 0.912. The maximum Gasteiger partial charge on any atom is 0.123 e. The number of benzene rings is 3. The molecule has 1 aliphatic rings. The van der Waals surface area contributed by atoms with E-state index >= 15 is 0 Å². The lowest BCUT2D eigenvalue weighted by atomic mass is 9.92. The van der Waals surface area contributed by atoms with Crippen LogP contribution in [0.3, 0.4) is 0 Å². The van der Waals surface area contributed by atoms with Gasteiger partial charge in [0.15, 0.2) is 0 Å². The van der Waals surface area contributed by atoms with Gasteiger partial charge in [-0.15, -0.1) is 0 Å². The molecule has 29 heavy (non-hydrogen) atoms. The first kappa shape index (κ1) is 20.0. The molecule has 1 saturated heterocycles. The van der Waals surface area contributed by atoms with Crippen LogP contribution in [0.5, 0.6) is 5.75 Å². The van der Waals surface area contributed by atoms with Crippen molar-refractivity contribution in [3.8, 4) is 16.9 Å². The average Bonchev–Trinajstić information content (AvgIpc) is 2.79. The predicted molar refractivity (Wildman–Crippen MR) is 120 cm³/mol. The van der Waals surface area contributed by atoms with Crippen LogP contribution >= 0.6 is 11.6 Å². The molecule has 2 unspecified atom stereocenters. The van der Waals surface area contributed by atoms with Crippen LogP contribution in [0.2, 0.25) is 5.02 Å². The average molecular weight is 407 g/mol. The molecule has 3 nitrogen and oxygen atoms in total. The van der Waals surface area contributed by atoms with Crippen molar-refractivity contribution in [3.63, 3.8) is 0 Å². The van der Waals surface area contributed by atoms with Gasteiger partial charge in [0, 0.05) is 29.2 Å². The van der Waals surface area contributed by atoms with E-state index < -0.39 is 0 Å². The van der Waals surface area contributed by atoms with Crippen molar-refractivity contribution < 1.29 is 4.74 Å². The zero-order chi connectivity index (χ0) is 20.1. The molecule has 3 aromatic rings. The van der Waals surface area contributed by atoms with Gasteiger partial charge in [0.2, 0.25) is 0 Å². The molecule has 0 amide bonds. The lowest BCUT2D eigenvalue weighted by Gasteiger charge is -2.34. The normalized spacial score (nSPS) is 19.1. The minimum Gasteiger partial charge on any atom is -0.496 e. The number of halogens is 1. The molecule has 150 valence electrons. The van der Waals surface area contributed by atoms with Crippen LogP contribution < -0.4 is 15.4 Å². The van der Waals surface area contributed by atoms with E-state index in [9.17, 15) is 0 Å². The van der Waals surface area contributed by atoms with Crippen LogP contribution in [0.25, 0.3) is 11.1 Å². The minimum absolute atomic E-state index is 0.329. The summed E-state index contributed by atoms with van der Waals surface area (Å²) in [6.45, 7) is 1.83. The van der Waals surface area contributed by atoms with Crippen LogP contribution in [-0.2, 0) is 6.54 Å². The van der Waals surface area contributed by atoms with Gasteiger partial charge < -0.3 is 15.4 Å². The summed E-state index contributed by atoms with van der Waals surface area (Å²) in [5.41, 5.74) is 4.82. The SMILES string of the molecule is COc1ccc(-c2ccc(Cl)cc2)cc1CNC1CCCNC1c1ccccc1. The highest BCUT2D eigenvalue weighted by molar-refractivity contribution is 6.30. The zero-order valence-corrected chi connectivity index (χ0v) is 17.5. The highest BCUT2D eigenvalue weighted by Crippen LogP contribution is 2.29. The predicted octanol–water partition coefficient (Wildman–Crippen LogP) is 5.60. The highest BCUT2D eigenvalue weighted by Gasteiger charge is 2.25. The molecule has 0 bridgehead atoms. The van der Waals surface area contributed by atoms with Gasteiger partial charge in [0.05, 0.1) is 7.11 Å². The molecule has 0 aromatic heterocycles. The topological polar surface area (TPSA) is 33.3 Å². The third kappa shape index (κ3) is 4.81. The lowest BCUT2D eigenvalue weighted by molar-refractivity contribution is 0.303. The van der Waals surface area contributed by atoms with E-state index in [2.05, 4.69) is 71.3 Å². The van der Waals surface area contributed by atoms with Gasteiger partial charge in [-0.3, -0.25) is 0 Å². The molecular formula is C25H27ClN2O. The van der Waals surface area contributed by atoms with Crippen molar-refractivity contribution in [2.45, 2.75) is 31.5 Å². The minimum atomic E-state index is 0.329. The number of methoxy groups -OCH3 is 1. The Labute approximate surface area is 178 Å². The molecule has 1 heterocycles. The standard InChI is InChI=1S/C25H27ClN2O/c1-29-24-14-11-20(18-9-12-22(26)13-10-18)16-21(24)17-28-23-8-5-15-27-25(23)19-6-3-2-4-7-19/h2-4,6-7,9-14,16,23,25,27-28H,5,8,15,17H2,1H3. The third-order valence-corrected chi connectivity index (χ3v) is 5.88. The van der Waals surface area contributed by atoms with Crippen LogP contribution in [-0.4, -0.2) is 19.7 Å². The van der Waals surface area contributed by atoms with Gasteiger partial charge >= 0.3 is 0 Å². The fraction of sp³-hybridized carbons (Fsp3) is 0.280. The number of nitrogens with one attached hydrogen (secondary N) is 2. The van der Waals surface area contributed by atoms with Crippen LogP contribution in [0, 0.1) is 0 Å². The summed E-state index contributed by atoms with van der Waals surface area (Å²) in [6.07, 6.45) is 2.34. The first-order valence-corrected chi connectivity index (χ1v) is 10.6. The Hall–Kier alpha value is -2.33. The smallest absolute Gasteiger partial charge is 0.123 e. The quantitative estimate of drug-likeness (QED) is 0.559. The Morgan fingerprint density at radius 3 is 2.52 bits per heavy atom. The Morgan fingerprint density at radius 2 is 1.76 bits per heavy atom. The van der Waals surface area contributed by atoms with Gasteiger partial charge in [-0.2, -0.15) is 0 Å². The number of rotatable bonds is 6. The summed E-state index contributed by atoms with van der Waals surface area (Å²) in [7, 11) is 1.73. The molecule has 0 aliphatic carbocycles.